The Hall–Kier alpha value is -1.56. The number of nitrogens with two attached hydrogens (primary N) is 1. The van der Waals surface area contributed by atoms with Crippen molar-refractivity contribution in [3.63, 3.8) is 0 Å². The van der Waals surface area contributed by atoms with Gasteiger partial charge in [-0.05, 0) is 24.5 Å². The summed E-state index contributed by atoms with van der Waals surface area (Å²) in [5.74, 6) is 0.918. The van der Waals surface area contributed by atoms with Gasteiger partial charge in [-0.1, -0.05) is 19.9 Å². The molecule has 0 fully saturated rings. The van der Waals surface area contributed by atoms with Crippen LogP contribution in [-0.2, 0) is 16.4 Å². The molecule has 0 saturated carbocycles. The number of hydrogen-bond donors (Lipinski definition) is 1. The molecule has 0 bridgehead atoms. The van der Waals surface area contributed by atoms with Crippen LogP contribution in [-0.4, -0.2) is 24.2 Å². The second kappa shape index (κ2) is 4.85. The summed E-state index contributed by atoms with van der Waals surface area (Å²) in [6.45, 7) is 5.02. The predicted octanol–water partition coefficient (Wildman–Crippen LogP) is 2.07. The van der Waals surface area contributed by atoms with Crippen LogP contribution >= 0.6 is 0 Å². The van der Waals surface area contributed by atoms with E-state index in [2.05, 4.69) is 18.8 Å². The molecule has 2 rings (SSSR count). The number of anilines is 1. The standard InChI is InChI=1S/C13H19N3O2S/c1-9(2)7-8-16-10-5-4-6-11(19(3,17)18)12(10)15-13(16)14/h4-6,9H,7-8H2,1-3H3,(H2,14,15). The van der Waals surface area contributed by atoms with Gasteiger partial charge in [-0.3, -0.25) is 0 Å². The van der Waals surface area contributed by atoms with Gasteiger partial charge >= 0.3 is 0 Å². The van der Waals surface area contributed by atoms with E-state index in [9.17, 15) is 8.42 Å². The van der Waals surface area contributed by atoms with Crippen LogP contribution in [0.1, 0.15) is 20.3 Å². The first-order valence-electron chi connectivity index (χ1n) is 6.25. The molecule has 104 valence electrons. The molecule has 0 unspecified atom stereocenters. The Balaban J connectivity index is 2.59. The minimum atomic E-state index is -3.30. The van der Waals surface area contributed by atoms with Crippen molar-refractivity contribution in [2.75, 3.05) is 12.0 Å². The van der Waals surface area contributed by atoms with E-state index in [4.69, 9.17) is 5.73 Å². The van der Waals surface area contributed by atoms with Crippen LogP contribution in [0.5, 0.6) is 0 Å². The quantitative estimate of drug-likeness (QED) is 0.930. The summed E-state index contributed by atoms with van der Waals surface area (Å²) in [5.41, 5.74) is 7.15. The summed E-state index contributed by atoms with van der Waals surface area (Å²) in [7, 11) is -3.30. The molecule has 0 amide bonds. The number of rotatable bonds is 4. The third-order valence-electron chi connectivity index (χ3n) is 3.10. The molecule has 0 aliphatic rings. The first kappa shape index (κ1) is 13.9. The average molecular weight is 281 g/mol. The highest BCUT2D eigenvalue weighted by Gasteiger charge is 2.17. The molecule has 0 radical (unpaired) electrons. The van der Waals surface area contributed by atoms with Crippen molar-refractivity contribution in [3.8, 4) is 0 Å². The van der Waals surface area contributed by atoms with E-state index in [1.54, 1.807) is 12.1 Å². The highest BCUT2D eigenvalue weighted by molar-refractivity contribution is 7.91. The molecule has 6 heteroatoms. The number of nitrogen functional groups attached to an aromatic ring is 1. The van der Waals surface area contributed by atoms with Crippen LogP contribution in [0.25, 0.3) is 11.0 Å². The maximum Gasteiger partial charge on any atom is 0.201 e. The molecular weight excluding hydrogens is 262 g/mol. The lowest BCUT2D eigenvalue weighted by Crippen LogP contribution is -2.05. The summed E-state index contributed by atoms with van der Waals surface area (Å²) in [4.78, 5) is 4.46. The van der Waals surface area contributed by atoms with Crippen LogP contribution < -0.4 is 5.73 Å². The maximum absolute atomic E-state index is 11.7. The Labute approximate surface area is 113 Å². The molecule has 2 aromatic rings. The van der Waals surface area contributed by atoms with Crippen molar-refractivity contribution in [3.05, 3.63) is 18.2 Å². The number of sulfone groups is 1. The minimum Gasteiger partial charge on any atom is -0.369 e. The van der Waals surface area contributed by atoms with E-state index in [1.165, 1.54) is 6.26 Å². The zero-order valence-corrected chi connectivity index (χ0v) is 12.2. The summed E-state index contributed by atoms with van der Waals surface area (Å²) in [6.07, 6.45) is 2.16. The number of para-hydroxylation sites is 1. The Morgan fingerprint density at radius 3 is 2.63 bits per heavy atom. The number of hydrogen-bond acceptors (Lipinski definition) is 4. The molecule has 1 aromatic heterocycles. The molecule has 2 N–H and O–H groups in total. The van der Waals surface area contributed by atoms with E-state index >= 15 is 0 Å². The second-order valence-electron chi connectivity index (χ2n) is 5.20. The molecule has 0 atom stereocenters. The van der Waals surface area contributed by atoms with Crippen LogP contribution in [0.15, 0.2) is 23.1 Å². The van der Waals surface area contributed by atoms with Gasteiger partial charge in [-0.25, -0.2) is 13.4 Å². The van der Waals surface area contributed by atoms with Crippen LogP contribution in [0.4, 0.5) is 5.95 Å². The van der Waals surface area contributed by atoms with Crippen LogP contribution in [0.3, 0.4) is 0 Å². The zero-order valence-electron chi connectivity index (χ0n) is 11.4. The Bertz CT molecular complexity index is 702. The molecular formula is C13H19N3O2S. The Morgan fingerprint density at radius 2 is 2.05 bits per heavy atom. The molecule has 0 spiro atoms. The van der Waals surface area contributed by atoms with Crippen LogP contribution in [0.2, 0.25) is 0 Å². The summed E-state index contributed by atoms with van der Waals surface area (Å²) >= 11 is 0. The maximum atomic E-state index is 11.7. The van der Waals surface area contributed by atoms with E-state index < -0.39 is 9.84 Å². The highest BCUT2D eigenvalue weighted by atomic mass is 32.2. The van der Waals surface area contributed by atoms with E-state index in [1.807, 2.05) is 10.6 Å². The van der Waals surface area contributed by atoms with Gasteiger partial charge in [-0.15, -0.1) is 0 Å². The fourth-order valence-corrected chi connectivity index (χ4v) is 2.89. The lowest BCUT2D eigenvalue weighted by atomic mass is 10.1. The Kier molecular flexibility index (Phi) is 3.54. The van der Waals surface area contributed by atoms with Gasteiger partial charge in [0.1, 0.15) is 5.52 Å². The fraction of sp³-hybridized carbons (Fsp3) is 0.462. The predicted molar refractivity (Wildman–Crippen MR) is 76.7 cm³/mol. The van der Waals surface area contributed by atoms with Gasteiger partial charge in [0.2, 0.25) is 5.95 Å². The average Bonchev–Trinajstić information content (AvgIpc) is 2.60. The number of aromatic nitrogens is 2. The Morgan fingerprint density at radius 1 is 1.37 bits per heavy atom. The first-order valence-corrected chi connectivity index (χ1v) is 8.14. The smallest absolute Gasteiger partial charge is 0.201 e. The van der Waals surface area contributed by atoms with Crippen molar-refractivity contribution in [2.24, 2.45) is 5.92 Å². The van der Waals surface area contributed by atoms with E-state index in [0.717, 1.165) is 18.5 Å². The topological polar surface area (TPSA) is 78.0 Å². The minimum absolute atomic E-state index is 0.236. The second-order valence-corrected chi connectivity index (χ2v) is 7.18. The van der Waals surface area contributed by atoms with Gasteiger partial charge < -0.3 is 10.3 Å². The molecule has 19 heavy (non-hydrogen) atoms. The molecule has 0 saturated heterocycles. The van der Waals surface area contributed by atoms with Crippen LogP contribution in [0, 0.1) is 5.92 Å². The van der Waals surface area contributed by atoms with Crippen molar-refractivity contribution in [1.82, 2.24) is 9.55 Å². The molecule has 0 aliphatic heterocycles. The summed E-state index contributed by atoms with van der Waals surface area (Å²) in [6, 6.07) is 5.15. The fourth-order valence-electron chi connectivity index (χ4n) is 2.06. The van der Waals surface area contributed by atoms with Gasteiger partial charge in [0.25, 0.3) is 0 Å². The van der Waals surface area contributed by atoms with Gasteiger partial charge in [0, 0.05) is 12.8 Å². The SMILES string of the molecule is CC(C)CCn1c(N)nc2c(S(C)(=O)=O)cccc21. The first-order chi connectivity index (χ1) is 8.80. The van der Waals surface area contributed by atoms with Crippen molar-refractivity contribution >= 4 is 26.8 Å². The van der Waals surface area contributed by atoms with E-state index in [-0.39, 0.29) is 4.90 Å². The largest absolute Gasteiger partial charge is 0.369 e. The monoisotopic (exact) mass is 281 g/mol. The number of nitrogens with zero attached hydrogens (tertiary/aromatic N) is 2. The van der Waals surface area contributed by atoms with Crippen molar-refractivity contribution in [1.29, 1.82) is 0 Å². The lowest BCUT2D eigenvalue weighted by molar-refractivity contribution is 0.526. The molecule has 1 heterocycles. The molecule has 1 aromatic carbocycles. The lowest BCUT2D eigenvalue weighted by Gasteiger charge is -2.08. The zero-order chi connectivity index (χ0) is 14.2. The van der Waals surface area contributed by atoms with Crippen molar-refractivity contribution < 1.29 is 8.42 Å². The van der Waals surface area contributed by atoms with Gasteiger partial charge in [0.05, 0.1) is 10.4 Å². The van der Waals surface area contributed by atoms with Gasteiger partial charge in [0.15, 0.2) is 9.84 Å². The highest BCUT2D eigenvalue weighted by Crippen LogP contribution is 2.25. The van der Waals surface area contributed by atoms with Gasteiger partial charge in [-0.2, -0.15) is 0 Å². The van der Waals surface area contributed by atoms with Crippen molar-refractivity contribution in [2.45, 2.75) is 31.7 Å². The summed E-state index contributed by atoms with van der Waals surface area (Å²) < 4.78 is 25.4. The summed E-state index contributed by atoms with van der Waals surface area (Å²) in [5, 5.41) is 0. The van der Waals surface area contributed by atoms with E-state index in [0.29, 0.717) is 17.4 Å². The third-order valence-corrected chi connectivity index (χ3v) is 4.23. The number of fused-ring (bicyclic) bond motifs is 1. The molecule has 5 nitrogen and oxygen atoms in total. The normalized spacial score (nSPS) is 12.4. The third kappa shape index (κ3) is 2.73. The number of imidazole rings is 1. The molecule has 0 aliphatic carbocycles. The number of benzene rings is 1. The number of aryl methyl sites for hydroxylation is 1.